The van der Waals surface area contributed by atoms with Crippen LogP contribution >= 0.6 is 11.8 Å². The van der Waals surface area contributed by atoms with E-state index in [1.807, 2.05) is 30.3 Å². The van der Waals surface area contributed by atoms with Crippen LogP contribution in [0, 0.1) is 6.92 Å². The molecular formula is C16H17N3OS. The van der Waals surface area contributed by atoms with Crippen LogP contribution in [0.2, 0.25) is 0 Å². The van der Waals surface area contributed by atoms with Crippen molar-refractivity contribution in [2.75, 3.05) is 5.75 Å². The standard InChI is InChI=1S/C16H17N3OS/c1-13-6-2-3-7-14(13)11-21-12-16(20)19-18-10-15-8-4-5-9-17-15/h2-10H,11-12H2,1H3,(H,19,20)/b18-10-. The summed E-state index contributed by atoms with van der Waals surface area (Å²) in [5.74, 6) is 1.10. The fourth-order valence-corrected chi connectivity index (χ4v) is 2.58. The van der Waals surface area contributed by atoms with Gasteiger partial charge in [-0.05, 0) is 30.2 Å². The third-order valence-electron chi connectivity index (χ3n) is 2.83. The minimum absolute atomic E-state index is 0.110. The maximum atomic E-state index is 11.6. The van der Waals surface area contributed by atoms with E-state index in [1.165, 1.54) is 17.3 Å². The molecule has 1 aromatic carbocycles. The molecule has 0 spiro atoms. The molecule has 2 aromatic rings. The van der Waals surface area contributed by atoms with Gasteiger partial charge < -0.3 is 0 Å². The summed E-state index contributed by atoms with van der Waals surface area (Å²) in [7, 11) is 0. The van der Waals surface area contributed by atoms with Crippen LogP contribution in [0.1, 0.15) is 16.8 Å². The van der Waals surface area contributed by atoms with E-state index in [2.05, 4.69) is 34.6 Å². The van der Waals surface area contributed by atoms with Gasteiger partial charge in [-0.15, -0.1) is 11.8 Å². The third kappa shape index (κ3) is 5.39. The highest BCUT2D eigenvalue weighted by Crippen LogP contribution is 2.15. The highest BCUT2D eigenvalue weighted by atomic mass is 32.2. The number of carbonyl (C=O) groups is 1. The van der Waals surface area contributed by atoms with Gasteiger partial charge in [0, 0.05) is 11.9 Å². The number of nitrogens with zero attached hydrogens (tertiary/aromatic N) is 2. The van der Waals surface area contributed by atoms with Crippen LogP contribution in [0.25, 0.3) is 0 Å². The maximum absolute atomic E-state index is 11.6. The first-order chi connectivity index (χ1) is 10.3. The van der Waals surface area contributed by atoms with Crippen molar-refractivity contribution in [2.45, 2.75) is 12.7 Å². The van der Waals surface area contributed by atoms with Gasteiger partial charge in [0.05, 0.1) is 17.7 Å². The predicted molar refractivity (Wildman–Crippen MR) is 87.3 cm³/mol. The Kier molecular flexibility index (Phi) is 5.97. The summed E-state index contributed by atoms with van der Waals surface area (Å²) >= 11 is 1.57. The van der Waals surface area contributed by atoms with E-state index < -0.39 is 0 Å². The fourth-order valence-electron chi connectivity index (χ4n) is 1.68. The molecule has 0 saturated heterocycles. The molecule has 0 aliphatic heterocycles. The molecule has 2 rings (SSSR count). The van der Waals surface area contributed by atoms with Gasteiger partial charge in [0.15, 0.2) is 0 Å². The lowest BCUT2D eigenvalue weighted by molar-refractivity contribution is -0.118. The minimum Gasteiger partial charge on any atom is -0.272 e. The number of hydrogen-bond acceptors (Lipinski definition) is 4. The van der Waals surface area contributed by atoms with Crippen molar-refractivity contribution in [3.05, 3.63) is 65.5 Å². The van der Waals surface area contributed by atoms with E-state index in [0.29, 0.717) is 11.4 Å². The van der Waals surface area contributed by atoms with Gasteiger partial charge in [0.1, 0.15) is 0 Å². The van der Waals surface area contributed by atoms with Crippen LogP contribution in [-0.2, 0) is 10.5 Å². The van der Waals surface area contributed by atoms with Crippen molar-refractivity contribution >= 4 is 23.9 Å². The minimum atomic E-state index is -0.110. The van der Waals surface area contributed by atoms with Crippen LogP contribution in [0.15, 0.2) is 53.8 Å². The van der Waals surface area contributed by atoms with Crippen LogP contribution in [-0.4, -0.2) is 22.9 Å². The second-order valence-electron chi connectivity index (χ2n) is 4.47. The van der Waals surface area contributed by atoms with Crippen LogP contribution < -0.4 is 5.43 Å². The lowest BCUT2D eigenvalue weighted by Crippen LogP contribution is -2.19. The largest absolute Gasteiger partial charge is 0.272 e. The monoisotopic (exact) mass is 299 g/mol. The fraction of sp³-hybridized carbons (Fsp3) is 0.188. The van der Waals surface area contributed by atoms with E-state index in [1.54, 1.807) is 18.0 Å². The third-order valence-corrected chi connectivity index (χ3v) is 3.81. The Hall–Kier alpha value is -2.14. The Morgan fingerprint density at radius 2 is 2.10 bits per heavy atom. The number of benzene rings is 1. The summed E-state index contributed by atoms with van der Waals surface area (Å²) in [6.45, 7) is 2.08. The summed E-state index contributed by atoms with van der Waals surface area (Å²) < 4.78 is 0. The topological polar surface area (TPSA) is 54.4 Å². The number of rotatable bonds is 6. The van der Waals surface area contributed by atoms with E-state index >= 15 is 0 Å². The van der Waals surface area contributed by atoms with Gasteiger partial charge in [-0.2, -0.15) is 5.10 Å². The van der Waals surface area contributed by atoms with Gasteiger partial charge in [-0.25, -0.2) is 5.43 Å². The molecule has 4 nitrogen and oxygen atoms in total. The molecule has 108 valence electrons. The van der Waals surface area contributed by atoms with Gasteiger partial charge >= 0.3 is 0 Å². The molecule has 0 radical (unpaired) electrons. The molecule has 0 bridgehead atoms. The molecule has 0 atom stereocenters. The molecule has 1 aromatic heterocycles. The molecule has 0 aliphatic carbocycles. The average molecular weight is 299 g/mol. The number of aryl methyl sites for hydroxylation is 1. The van der Waals surface area contributed by atoms with E-state index in [4.69, 9.17) is 0 Å². The number of pyridine rings is 1. The average Bonchev–Trinajstić information content (AvgIpc) is 2.50. The van der Waals surface area contributed by atoms with Crippen molar-refractivity contribution in [3.63, 3.8) is 0 Å². The summed E-state index contributed by atoms with van der Waals surface area (Å²) in [6, 6.07) is 13.7. The van der Waals surface area contributed by atoms with Gasteiger partial charge in [-0.3, -0.25) is 9.78 Å². The lowest BCUT2D eigenvalue weighted by Gasteiger charge is -2.04. The predicted octanol–water partition coefficient (Wildman–Crippen LogP) is 2.77. The van der Waals surface area contributed by atoms with Crippen LogP contribution in [0.3, 0.4) is 0 Å². The van der Waals surface area contributed by atoms with Crippen molar-refractivity contribution in [3.8, 4) is 0 Å². The molecule has 1 heterocycles. The molecule has 5 heteroatoms. The summed E-state index contributed by atoms with van der Waals surface area (Å²) in [5.41, 5.74) is 5.72. The summed E-state index contributed by atoms with van der Waals surface area (Å²) in [4.78, 5) is 15.7. The quantitative estimate of drug-likeness (QED) is 0.659. The molecule has 1 N–H and O–H groups in total. The Balaban J connectivity index is 1.71. The number of hydrogen-bond donors (Lipinski definition) is 1. The normalized spacial score (nSPS) is 10.7. The van der Waals surface area contributed by atoms with Crippen LogP contribution in [0.4, 0.5) is 0 Å². The second kappa shape index (κ2) is 8.21. The molecule has 0 saturated carbocycles. The number of hydrazone groups is 1. The second-order valence-corrected chi connectivity index (χ2v) is 5.45. The number of thioether (sulfide) groups is 1. The molecule has 1 amide bonds. The van der Waals surface area contributed by atoms with Crippen molar-refractivity contribution in [1.29, 1.82) is 0 Å². The molecule has 0 fully saturated rings. The van der Waals surface area contributed by atoms with Gasteiger partial charge in [0.25, 0.3) is 0 Å². The number of amides is 1. The van der Waals surface area contributed by atoms with E-state index in [9.17, 15) is 4.79 Å². The highest BCUT2D eigenvalue weighted by Gasteiger charge is 2.02. The zero-order chi connectivity index (χ0) is 14.9. The smallest absolute Gasteiger partial charge is 0.250 e. The van der Waals surface area contributed by atoms with Crippen molar-refractivity contribution in [1.82, 2.24) is 10.4 Å². The molecule has 0 unspecified atom stereocenters. The summed E-state index contributed by atoms with van der Waals surface area (Å²) in [5, 5.41) is 3.88. The maximum Gasteiger partial charge on any atom is 0.250 e. The number of aromatic nitrogens is 1. The number of nitrogens with one attached hydrogen (secondary N) is 1. The molecule has 21 heavy (non-hydrogen) atoms. The first-order valence-corrected chi connectivity index (χ1v) is 7.76. The Labute approximate surface area is 128 Å². The first kappa shape index (κ1) is 15.3. The summed E-state index contributed by atoms with van der Waals surface area (Å²) in [6.07, 6.45) is 3.21. The first-order valence-electron chi connectivity index (χ1n) is 6.61. The Morgan fingerprint density at radius 3 is 2.86 bits per heavy atom. The van der Waals surface area contributed by atoms with Crippen molar-refractivity contribution in [2.24, 2.45) is 5.10 Å². The van der Waals surface area contributed by atoms with Crippen LogP contribution in [0.5, 0.6) is 0 Å². The van der Waals surface area contributed by atoms with Gasteiger partial charge in [-0.1, -0.05) is 30.3 Å². The molecule has 0 aliphatic rings. The molecular weight excluding hydrogens is 282 g/mol. The zero-order valence-corrected chi connectivity index (χ0v) is 12.6. The Bertz CT molecular complexity index is 614. The highest BCUT2D eigenvalue weighted by molar-refractivity contribution is 7.99. The Morgan fingerprint density at radius 1 is 1.29 bits per heavy atom. The van der Waals surface area contributed by atoms with E-state index in [-0.39, 0.29) is 5.91 Å². The zero-order valence-electron chi connectivity index (χ0n) is 11.8. The lowest BCUT2D eigenvalue weighted by atomic mass is 10.1. The van der Waals surface area contributed by atoms with Crippen molar-refractivity contribution < 1.29 is 4.79 Å². The van der Waals surface area contributed by atoms with Gasteiger partial charge in [0.2, 0.25) is 5.91 Å². The SMILES string of the molecule is Cc1ccccc1CSCC(=O)N/N=C\c1ccccn1. The van der Waals surface area contributed by atoms with E-state index in [0.717, 1.165) is 5.75 Å². The number of carbonyl (C=O) groups excluding carboxylic acids is 1.